The average molecular weight is 270 g/mol. The van der Waals surface area contributed by atoms with Crippen LogP contribution in [0.2, 0.25) is 0 Å². The topological polar surface area (TPSA) is 45.1 Å². The fourth-order valence-corrected chi connectivity index (χ4v) is 2.86. The van der Waals surface area contributed by atoms with Crippen molar-refractivity contribution in [1.82, 2.24) is 10.3 Å². The molecule has 0 saturated heterocycles. The normalized spacial score (nSPS) is 10.9. The second kappa shape index (κ2) is 5.38. The maximum atomic E-state index is 9.21. The Bertz CT molecular complexity index is 643. The predicted molar refractivity (Wildman–Crippen MR) is 78.3 cm³/mol. The van der Waals surface area contributed by atoms with Crippen LogP contribution >= 0.6 is 11.3 Å². The number of benzene rings is 2. The van der Waals surface area contributed by atoms with Crippen molar-refractivity contribution in [3.8, 4) is 5.75 Å². The number of aromatic hydroxyl groups is 1. The number of aromatic nitrogens is 1. The summed E-state index contributed by atoms with van der Waals surface area (Å²) in [4.78, 5) is 4.57. The van der Waals surface area contributed by atoms with Gasteiger partial charge in [0.05, 0.1) is 10.2 Å². The molecule has 0 amide bonds. The van der Waals surface area contributed by atoms with Crippen LogP contribution < -0.4 is 5.32 Å². The molecule has 1 aromatic heterocycles. The van der Waals surface area contributed by atoms with Gasteiger partial charge in [-0.3, -0.25) is 0 Å². The van der Waals surface area contributed by atoms with Crippen LogP contribution in [-0.2, 0) is 13.1 Å². The minimum Gasteiger partial charge on any atom is -0.508 e. The molecule has 0 saturated carbocycles. The molecule has 19 heavy (non-hydrogen) atoms. The number of fused-ring (bicyclic) bond motifs is 1. The van der Waals surface area contributed by atoms with Gasteiger partial charge in [0.25, 0.3) is 0 Å². The summed E-state index contributed by atoms with van der Waals surface area (Å²) in [7, 11) is 0. The van der Waals surface area contributed by atoms with E-state index in [1.54, 1.807) is 23.5 Å². The third-order valence-electron chi connectivity index (χ3n) is 2.88. The average Bonchev–Trinajstić information content (AvgIpc) is 2.83. The van der Waals surface area contributed by atoms with Crippen molar-refractivity contribution in [3.63, 3.8) is 0 Å². The second-order valence-electron chi connectivity index (χ2n) is 4.35. The summed E-state index contributed by atoms with van der Waals surface area (Å²) in [6.07, 6.45) is 0. The van der Waals surface area contributed by atoms with Crippen LogP contribution in [0.25, 0.3) is 10.2 Å². The zero-order valence-electron chi connectivity index (χ0n) is 10.3. The first-order valence-corrected chi connectivity index (χ1v) is 6.96. The first-order chi connectivity index (χ1) is 9.31. The number of hydrogen-bond acceptors (Lipinski definition) is 4. The van der Waals surface area contributed by atoms with Gasteiger partial charge >= 0.3 is 0 Å². The number of phenols is 1. The molecule has 0 bridgehead atoms. The van der Waals surface area contributed by atoms with E-state index in [0.29, 0.717) is 5.75 Å². The number of nitrogens with zero attached hydrogens (tertiary/aromatic N) is 1. The van der Waals surface area contributed by atoms with Crippen LogP contribution in [0.3, 0.4) is 0 Å². The van der Waals surface area contributed by atoms with Crippen molar-refractivity contribution in [2.45, 2.75) is 13.1 Å². The highest BCUT2D eigenvalue weighted by atomic mass is 32.1. The minimum atomic E-state index is 0.301. The number of para-hydroxylation sites is 1. The summed E-state index contributed by atoms with van der Waals surface area (Å²) in [5.74, 6) is 0.301. The Morgan fingerprint density at radius 1 is 1.00 bits per heavy atom. The monoisotopic (exact) mass is 270 g/mol. The Balaban J connectivity index is 1.61. The van der Waals surface area contributed by atoms with Gasteiger partial charge < -0.3 is 10.4 Å². The van der Waals surface area contributed by atoms with E-state index in [1.807, 2.05) is 30.3 Å². The molecule has 1 heterocycles. The number of phenolic OH excluding ortho intramolecular Hbond substituents is 1. The Labute approximate surface area is 115 Å². The minimum absolute atomic E-state index is 0.301. The van der Waals surface area contributed by atoms with E-state index >= 15 is 0 Å². The van der Waals surface area contributed by atoms with Crippen LogP contribution in [0, 0.1) is 0 Å². The van der Waals surface area contributed by atoms with Gasteiger partial charge in [-0.1, -0.05) is 24.3 Å². The van der Waals surface area contributed by atoms with Crippen molar-refractivity contribution >= 4 is 21.6 Å². The molecular formula is C15H14N2OS. The van der Waals surface area contributed by atoms with Crippen LogP contribution in [0.1, 0.15) is 10.6 Å². The molecule has 96 valence electrons. The van der Waals surface area contributed by atoms with E-state index in [2.05, 4.69) is 16.4 Å². The van der Waals surface area contributed by atoms with Crippen molar-refractivity contribution in [3.05, 3.63) is 59.1 Å². The molecule has 3 rings (SSSR count). The largest absolute Gasteiger partial charge is 0.508 e. The molecule has 0 fully saturated rings. The van der Waals surface area contributed by atoms with Crippen LogP contribution in [-0.4, -0.2) is 10.1 Å². The number of hydrogen-bond donors (Lipinski definition) is 2. The Morgan fingerprint density at radius 2 is 1.79 bits per heavy atom. The first kappa shape index (κ1) is 12.1. The van der Waals surface area contributed by atoms with E-state index in [9.17, 15) is 5.11 Å². The summed E-state index contributed by atoms with van der Waals surface area (Å²) in [6, 6.07) is 15.4. The summed E-state index contributed by atoms with van der Waals surface area (Å²) in [5, 5.41) is 13.7. The van der Waals surface area contributed by atoms with E-state index in [4.69, 9.17) is 0 Å². The SMILES string of the molecule is Oc1ccc(CNCc2nc3ccccc3s2)cc1. The Kier molecular flexibility index (Phi) is 3.44. The standard InChI is InChI=1S/C15H14N2OS/c18-12-7-5-11(6-8-12)9-16-10-15-17-13-3-1-2-4-14(13)19-15/h1-8,16,18H,9-10H2. The van der Waals surface area contributed by atoms with Gasteiger partial charge in [-0.2, -0.15) is 0 Å². The van der Waals surface area contributed by atoms with E-state index < -0.39 is 0 Å². The quantitative estimate of drug-likeness (QED) is 0.764. The van der Waals surface area contributed by atoms with E-state index in [1.165, 1.54) is 4.70 Å². The number of rotatable bonds is 4. The molecule has 0 aliphatic rings. The van der Waals surface area contributed by atoms with Gasteiger partial charge in [0, 0.05) is 13.1 Å². The molecule has 0 aliphatic heterocycles. The summed E-state index contributed by atoms with van der Waals surface area (Å²) >= 11 is 1.72. The zero-order valence-corrected chi connectivity index (χ0v) is 11.2. The lowest BCUT2D eigenvalue weighted by molar-refractivity contribution is 0.475. The van der Waals surface area contributed by atoms with Gasteiger partial charge in [0.2, 0.25) is 0 Å². The number of nitrogens with one attached hydrogen (secondary N) is 1. The fraction of sp³-hybridized carbons (Fsp3) is 0.133. The van der Waals surface area contributed by atoms with Crippen molar-refractivity contribution < 1.29 is 5.11 Å². The highest BCUT2D eigenvalue weighted by molar-refractivity contribution is 7.18. The third-order valence-corrected chi connectivity index (χ3v) is 3.92. The fourth-order valence-electron chi connectivity index (χ4n) is 1.92. The molecule has 0 atom stereocenters. The summed E-state index contributed by atoms with van der Waals surface area (Å²) < 4.78 is 1.23. The van der Waals surface area contributed by atoms with Gasteiger partial charge in [-0.15, -0.1) is 11.3 Å². The molecule has 3 nitrogen and oxygen atoms in total. The van der Waals surface area contributed by atoms with Crippen LogP contribution in [0.5, 0.6) is 5.75 Å². The van der Waals surface area contributed by atoms with Crippen LogP contribution in [0.4, 0.5) is 0 Å². The molecule has 0 unspecified atom stereocenters. The van der Waals surface area contributed by atoms with E-state index in [0.717, 1.165) is 29.2 Å². The lowest BCUT2D eigenvalue weighted by atomic mass is 10.2. The number of thiazole rings is 1. The lowest BCUT2D eigenvalue weighted by Crippen LogP contribution is -2.12. The summed E-state index contributed by atoms with van der Waals surface area (Å²) in [5.41, 5.74) is 2.22. The molecule has 0 spiro atoms. The van der Waals surface area contributed by atoms with Gasteiger partial charge in [-0.25, -0.2) is 4.98 Å². The third kappa shape index (κ3) is 2.92. The van der Waals surface area contributed by atoms with Gasteiger partial charge in [0.1, 0.15) is 10.8 Å². The Morgan fingerprint density at radius 3 is 2.58 bits per heavy atom. The second-order valence-corrected chi connectivity index (χ2v) is 5.46. The molecule has 0 radical (unpaired) electrons. The zero-order chi connectivity index (χ0) is 13.1. The highest BCUT2D eigenvalue weighted by Crippen LogP contribution is 2.21. The van der Waals surface area contributed by atoms with Crippen molar-refractivity contribution in [2.24, 2.45) is 0 Å². The molecule has 3 aromatic rings. The molecule has 2 N–H and O–H groups in total. The van der Waals surface area contributed by atoms with Crippen molar-refractivity contribution in [2.75, 3.05) is 0 Å². The van der Waals surface area contributed by atoms with Crippen LogP contribution in [0.15, 0.2) is 48.5 Å². The lowest BCUT2D eigenvalue weighted by Gasteiger charge is -2.02. The molecule has 2 aromatic carbocycles. The Hall–Kier alpha value is -1.91. The predicted octanol–water partition coefficient (Wildman–Crippen LogP) is 3.29. The summed E-state index contributed by atoms with van der Waals surface area (Å²) in [6.45, 7) is 1.54. The molecule has 0 aliphatic carbocycles. The highest BCUT2D eigenvalue weighted by Gasteiger charge is 2.02. The van der Waals surface area contributed by atoms with Gasteiger partial charge in [0.15, 0.2) is 0 Å². The maximum absolute atomic E-state index is 9.21. The maximum Gasteiger partial charge on any atom is 0.115 e. The van der Waals surface area contributed by atoms with E-state index in [-0.39, 0.29) is 0 Å². The van der Waals surface area contributed by atoms with Crippen molar-refractivity contribution in [1.29, 1.82) is 0 Å². The first-order valence-electron chi connectivity index (χ1n) is 6.14. The molecule has 4 heteroatoms. The van der Waals surface area contributed by atoms with Gasteiger partial charge in [-0.05, 0) is 29.8 Å². The molecular weight excluding hydrogens is 256 g/mol. The smallest absolute Gasteiger partial charge is 0.115 e.